The maximum absolute atomic E-state index is 15.1. The van der Waals surface area contributed by atoms with Crippen LogP contribution < -0.4 is 10.6 Å². The number of allylic oxidation sites excluding steroid dienone is 6. The van der Waals surface area contributed by atoms with Gasteiger partial charge in [0, 0.05) is 44.2 Å². The quantitative estimate of drug-likeness (QED) is 0.0797. The Kier molecular flexibility index (Phi) is 13.5. The third-order valence-electron chi connectivity index (χ3n) is 7.75. The van der Waals surface area contributed by atoms with E-state index in [1.807, 2.05) is 0 Å². The number of alkyl halides is 7. The molecule has 0 saturated heterocycles. The van der Waals surface area contributed by atoms with Crippen LogP contribution in [-0.4, -0.2) is 57.0 Å². The maximum Gasteiger partial charge on any atom is 0.461 e. The normalized spacial score (nSPS) is 18.9. The highest BCUT2D eigenvalue weighted by molar-refractivity contribution is 5.95. The summed E-state index contributed by atoms with van der Waals surface area (Å²) in [5.41, 5.74) is -2.67. The molecule has 262 valence electrons. The average Bonchev–Trinajstić information content (AvgIpc) is 3.03. The molecule has 1 aromatic rings. The van der Waals surface area contributed by atoms with Crippen molar-refractivity contribution < 1.29 is 53.8 Å². The van der Waals surface area contributed by atoms with Crippen LogP contribution in [0.1, 0.15) is 24.8 Å². The molecule has 5 nitrogen and oxygen atoms in total. The van der Waals surface area contributed by atoms with Crippen LogP contribution in [0.2, 0.25) is 0 Å². The van der Waals surface area contributed by atoms with Gasteiger partial charge in [-0.2, -0.15) is 30.7 Å². The molecule has 2 aliphatic rings. The van der Waals surface area contributed by atoms with Gasteiger partial charge in [-0.15, -0.1) is 0 Å². The van der Waals surface area contributed by atoms with Crippen LogP contribution in [-0.2, 0) is 20.7 Å². The van der Waals surface area contributed by atoms with Gasteiger partial charge in [0.2, 0.25) is 5.91 Å². The molecule has 2 aliphatic carbocycles. The topological polar surface area (TPSA) is 59.6 Å². The smallest absolute Gasteiger partial charge is 0.428 e. The first-order valence-electron chi connectivity index (χ1n) is 14.8. The van der Waals surface area contributed by atoms with Crippen LogP contribution in [0.4, 0.5) is 39.5 Å². The second-order valence-corrected chi connectivity index (χ2v) is 11.1. The van der Waals surface area contributed by atoms with Gasteiger partial charge in [-0.1, -0.05) is 49.1 Å². The summed E-state index contributed by atoms with van der Waals surface area (Å²) in [7, 11) is 1.48. The largest absolute Gasteiger partial charge is 0.461 e. The van der Waals surface area contributed by atoms with Gasteiger partial charge < -0.3 is 20.1 Å². The second kappa shape index (κ2) is 16.9. The van der Waals surface area contributed by atoms with Crippen molar-refractivity contribution >= 4 is 5.91 Å². The van der Waals surface area contributed by atoms with Gasteiger partial charge in [-0.3, -0.25) is 4.79 Å². The number of benzene rings is 1. The minimum atomic E-state index is -5.05. The van der Waals surface area contributed by atoms with E-state index in [1.54, 1.807) is 30.3 Å². The van der Waals surface area contributed by atoms with E-state index >= 15 is 4.39 Å². The Labute approximate surface area is 272 Å². The Morgan fingerprint density at radius 1 is 1.15 bits per heavy atom. The number of rotatable bonds is 16. The minimum Gasteiger partial charge on any atom is -0.428 e. The van der Waals surface area contributed by atoms with Gasteiger partial charge in [-0.25, -0.2) is 8.78 Å². The number of hydrogen-bond acceptors (Lipinski definition) is 4. The predicted octanol–water partition coefficient (Wildman–Crippen LogP) is 8.13. The molecule has 14 heteroatoms. The van der Waals surface area contributed by atoms with Crippen molar-refractivity contribution in [1.82, 2.24) is 10.6 Å². The number of methoxy groups -OCH3 is 1. The summed E-state index contributed by atoms with van der Waals surface area (Å²) >= 11 is 0. The van der Waals surface area contributed by atoms with Crippen LogP contribution in [0, 0.1) is 5.92 Å². The van der Waals surface area contributed by atoms with Crippen molar-refractivity contribution in [2.24, 2.45) is 5.92 Å². The molecular weight excluding hydrogens is 655 g/mol. The van der Waals surface area contributed by atoms with Crippen molar-refractivity contribution in [3.8, 4) is 0 Å². The van der Waals surface area contributed by atoms with Crippen LogP contribution in [0.15, 0.2) is 114 Å². The molecule has 0 aromatic heterocycles. The van der Waals surface area contributed by atoms with E-state index in [2.05, 4.69) is 21.9 Å². The highest BCUT2D eigenvalue weighted by Gasteiger charge is 2.46. The summed E-state index contributed by atoms with van der Waals surface area (Å²) in [5, 5.41) is 5.75. The molecule has 1 amide bonds. The lowest BCUT2D eigenvalue weighted by molar-refractivity contribution is -0.279. The zero-order valence-electron chi connectivity index (χ0n) is 25.9. The predicted molar refractivity (Wildman–Crippen MR) is 162 cm³/mol. The minimum absolute atomic E-state index is 0.0260. The fourth-order valence-electron chi connectivity index (χ4n) is 5.31. The summed E-state index contributed by atoms with van der Waals surface area (Å²) in [6.07, 6.45) is -9.65. The summed E-state index contributed by atoms with van der Waals surface area (Å²) in [6, 6.07) is 8.26. The van der Waals surface area contributed by atoms with Crippen molar-refractivity contribution in [3.63, 3.8) is 0 Å². The van der Waals surface area contributed by atoms with E-state index in [0.717, 1.165) is 18.2 Å². The van der Waals surface area contributed by atoms with Crippen molar-refractivity contribution in [3.05, 3.63) is 119 Å². The molecule has 48 heavy (non-hydrogen) atoms. The lowest BCUT2D eigenvalue weighted by atomic mass is 9.69. The zero-order valence-corrected chi connectivity index (χ0v) is 25.9. The van der Waals surface area contributed by atoms with Crippen LogP contribution in [0.5, 0.6) is 0 Å². The molecule has 2 atom stereocenters. The van der Waals surface area contributed by atoms with Gasteiger partial charge in [-0.05, 0) is 54.2 Å². The van der Waals surface area contributed by atoms with Crippen LogP contribution >= 0.6 is 0 Å². The third-order valence-corrected chi connectivity index (χ3v) is 7.75. The van der Waals surface area contributed by atoms with Gasteiger partial charge in [0.05, 0.1) is 24.0 Å². The number of nitrogens with one attached hydrogen (secondary N) is 2. The standard InChI is InChI=1S/C34H35F9N2O3/c1-22(17-28(13-14-35)48-34(42,43)31(37)38)32(20-23-7-4-3-5-8-23,26-11-12-29(36)25(19-26)21-44-15-16-47-2)45-30(46)24-9-6-10-27(18-24)33(39,40)41/h3-5,7-8,10-14,17-18,26,31,44H,1,6,9,15-16,19-21H2,2H3,(H,45,46)/t26?,32-/m0/s1. The third kappa shape index (κ3) is 10.2. The van der Waals surface area contributed by atoms with Gasteiger partial charge >= 0.3 is 18.7 Å². The molecule has 3 rings (SSSR count). The molecule has 1 aromatic carbocycles. The Morgan fingerprint density at radius 2 is 1.85 bits per heavy atom. The van der Waals surface area contributed by atoms with Crippen molar-refractivity contribution in [2.45, 2.75) is 49.9 Å². The fraction of sp³-hybridized carbons (Fsp3) is 0.382. The molecule has 2 N–H and O–H groups in total. The summed E-state index contributed by atoms with van der Waals surface area (Å²) < 4.78 is 132. The molecule has 0 radical (unpaired) electrons. The average molecular weight is 691 g/mol. The summed E-state index contributed by atoms with van der Waals surface area (Å²) in [5.74, 6) is -3.62. The van der Waals surface area contributed by atoms with Gasteiger partial charge in [0.15, 0.2) is 0 Å². The van der Waals surface area contributed by atoms with E-state index in [0.29, 0.717) is 30.9 Å². The van der Waals surface area contributed by atoms with Crippen molar-refractivity contribution in [2.75, 3.05) is 26.8 Å². The highest BCUT2D eigenvalue weighted by atomic mass is 19.4. The second-order valence-electron chi connectivity index (χ2n) is 11.1. The first-order valence-corrected chi connectivity index (χ1v) is 14.8. The Hall–Kier alpha value is -4.04. The number of carbonyl (C=O) groups excluding carboxylic acids is 1. The Balaban J connectivity index is 2.20. The molecule has 0 aliphatic heterocycles. The maximum atomic E-state index is 15.1. The Morgan fingerprint density at radius 3 is 2.48 bits per heavy atom. The SMILES string of the molecule is C=C(C=C(C=CF)OC(F)(F)C(F)F)[C@](Cc1ccccc1)(NC(=O)C1=CC(C(F)(F)F)=CCC1)C1C=CC(F)=C(CNCCOC)C1. The number of halogens is 9. The molecule has 1 unspecified atom stereocenters. The highest BCUT2D eigenvalue weighted by Crippen LogP contribution is 2.41. The molecule has 0 spiro atoms. The monoisotopic (exact) mass is 690 g/mol. The van der Waals surface area contributed by atoms with E-state index in [1.165, 1.54) is 13.2 Å². The first kappa shape index (κ1) is 38.4. The molecule has 0 fully saturated rings. The molecule has 0 saturated carbocycles. The lowest BCUT2D eigenvalue weighted by Gasteiger charge is -2.43. The van der Waals surface area contributed by atoms with Crippen LogP contribution in [0.3, 0.4) is 0 Å². The summed E-state index contributed by atoms with van der Waals surface area (Å²) in [4.78, 5) is 13.8. The number of amides is 1. The number of carbonyl (C=O) groups is 1. The lowest BCUT2D eigenvalue weighted by Crippen LogP contribution is -2.57. The summed E-state index contributed by atoms with van der Waals surface area (Å²) in [6.45, 7) is 4.61. The van der Waals surface area contributed by atoms with E-state index in [9.17, 15) is 39.9 Å². The van der Waals surface area contributed by atoms with Crippen molar-refractivity contribution in [1.29, 1.82) is 0 Å². The molecule has 0 heterocycles. The number of ether oxygens (including phenoxy) is 2. The van der Waals surface area contributed by atoms with E-state index < -0.39 is 53.2 Å². The number of hydrogen-bond donors (Lipinski definition) is 2. The molecular formula is C34H35F9N2O3. The molecule has 0 bridgehead atoms. The van der Waals surface area contributed by atoms with E-state index in [4.69, 9.17) is 4.74 Å². The van der Waals surface area contributed by atoms with Gasteiger partial charge in [0.1, 0.15) is 11.6 Å². The fourth-order valence-corrected chi connectivity index (χ4v) is 5.31. The van der Waals surface area contributed by atoms with Gasteiger partial charge in [0.25, 0.3) is 0 Å². The van der Waals surface area contributed by atoms with Crippen LogP contribution in [0.25, 0.3) is 0 Å². The van der Waals surface area contributed by atoms with E-state index in [-0.39, 0.29) is 55.3 Å². The Bertz CT molecular complexity index is 1480. The zero-order chi connectivity index (χ0) is 35.5. The first-order chi connectivity index (χ1) is 22.6.